The van der Waals surface area contributed by atoms with Gasteiger partial charge in [-0.1, -0.05) is 48.5 Å². The summed E-state index contributed by atoms with van der Waals surface area (Å²) in [4.78, 5) is 13.3. The minimum Gasteiger partial charge on any atom is -0.455 e. The summed E-state index contributed by atoms with van der Waals surface area (Å²) in [6.45, 7) is 9.30. The number of benzene rings is 2. The summed E-state index contributed by atoms with van der Waals surface area (Å²) in [7, 11) is -3.47. The molecule has 1 aliphatic heterocycles. The Bertz CT molecular complexity index is 717. The summed E-state index contributed by atoms with van der Waals surface area (Å²) >= 11 is 0. The first-order valence-corrected chi connectivity index (χ1v) is 15.4. The van der Waals surface area contributed by atoms with Crippen molar-refractivity contribution in [2.75, 3.05) is 0 Å². The number of fused-ring (bicyclic) bond motifs is 2. The van der Waals surface area contributed by atoms with Crippen LogP contribution in [0.1, 0.15) is 27.0 Å². The lowest BCUT2D eigenvalue weighted by atomic mass is 9.93. The van der Waals surface area contributed by atoms with E-state index in [4.69, 9.17) is 4.12 Å². The van der Waals surface area contributed by atoms with Crippen molar-refractivity contribution < 1.29 is 8.91 Å². The number of ketones is 1. The maximum atomic E-state index is 13.3. The molecule has 0 N–H and O–H groups in total. The lowest BCUT2D eigenvalue weighted by Gasteiger charge is -2.35. The molecule has 132 valence electrons. The summed E-state index contributed by atoms with van der Waals surface area (Å²) in [5.41, 5.74) is 4.03. The molecule has 0 aliphatic carbocycles. The van der Waals surface area contributed by atoms with Crippen LogP contribution in [-0.2, 0) is 17.0 Å². The van der Waals surface area contributed by atoms with Crippen molar-refractivity contribution >= 4 is 22.4 Å². The highest BCUT2D eigenvalue weighted by Gasteiger charge is 2.33. The SMILES string of the molecule is C[Si]1(C)CCc2ccccc2C(=O)c2ccccc2CC[Si](C)(C)O1. The number of aryl methyl sites for hydroxylation is 2. The van der Waals surface area contributed by atoms with Gasteiger partial charge in [0.1, 0.15) is 0 Å². The highest BCUT2D eigenvalue weighted by Crippen LogP contribution is 2.28. The third kappa shape index (κ3) is 4.37. The van der Waals surface area contributed by atoms with Crippen LogP contribution in [0.15, 0.2) is 48.5 Å². The molecule has 2 nitrogen and oxygen atoms in total. The minimum absolute atomic E-state index is 0.173. The van der Waals surface area contributed by atoms with Crippen LogP contribution in [0.5, 0.6) is 0 Å². The Hall–Kier alpha value is -1.50. The van der Waals surface area contributed by atoms with Crippen molar-refractivity contribution in [1.29, 1.82) is 0 Å². The molecule has 3 rings (SSSR count). The molecule has 0 bridgehead atoms. The van der Waals surface area contributed by atoms with Gasteiger partial charge in [-0.05, 0) is 62.2 Å². The van der Waals surface area contributed by atoms with Crippen LogP contribution >= 0.6 is 0 Å². The molecule has 0 radical (unpaired) electrons. The van der Waals surface area contributed by atoms with Crippen molar-refractivity contribution in [3.05, 3.63) is 70.8 Å². The number of hydrogen-bond donors (Lipinski definition) is 0. The third-order valence-electron chi connectivity index (χ3n) is 5.07. The fourth-order valence-electron chi connectivity index (χ4n) is 3.79. The van der Waals surface area contributed by atoms with E-state index in [-0.39, 0.29) is 5.78 Å². The van der Waals surface area contributed by atoms with E-state index >= 15 is 0 Å². The van der Waals surface area contributed by atoms with Crippen molar-refractivity contribution in [3.63, 3.8) is 0 Å². The minimum atomic E-state index is -1.73. The van der Waals surface area contributed by atoms with Crippen molar-refractivity contribution in [2.24, 2.45) is 0 Å². The van der Waals surface area contributed by atoms with Crippen LogP contribution < -0.4 is 0 Å². The second-order valence-corrected chi connectivity index (χ2v) is 17.1. The zero-order chi connectivity index (χ0) is 18.1. The Morgan fingerprint density at radius 3 is 1.56 bits per heavy atom. The van der Waals surface area contributed by atoms with Crippen molar-refractivity contribution in [2.45, 2.75) is 51.1 Å². The van der Waals surface area contributed by atoms with Crippen LogP contribution in [0, 0.1) is 0 Å². The molecule has 0 fully saturated rings. The van der Waals surface area contributed by atoms with E-state index in [0.29, 0.717) is 0 Å². The van der Waals surface area contributed by atoms with Gasteiger partial charge in [0.25, 0.3) is 0 Å². The molecule has 0 saturated carbocycles. The van der Waals surface area contributed by atoms with E-state index in [1.807, 2.05) is 36.4 Å². The highest BCUT2D eigenvalue weighted by atomic mass is 28.4. The van der Waals surface area contributed by atoms with Crippen LogP contribution in [-0.4, -0.2) is 22.4 Å². The summed E-state index contributed by atoms with van der Waals surface area (Å²) in [5, 5.41) is 0. The second kappa shape index (κ2) is 7.02. The standard InChI is InChI=1S/C21H28O2Si2/c1-24(2)15-13-17-9-5-7-11-19(17)21(22)20-12-8-6-10-18(20)14-16-25(3,4)23-24/h5-12H,13-16H2,1-4H3. The predicted octanol–water partition coefficient (Wildman–Crippen LogP) is 5.44. The topological polar surface area (TPSA) is 26.3 Å². The van der Waals surface area contributed by atoms with Gasteiger partial charge in [-0.3, -0.25) is 4.79 Å². The van der Waals surface area contributed by atoms with E-state index in [2.05, 4.69) is 38.3 Å². The van der Waals surface area contributed by atoms with Crippen LogP contribution in [0.3, 0.4) is 0 Å². The van der Waals surface area contributed by atoms with Gasteiger partial charge in [-0.15, -0.1) is 0 Å². The summed E-state index contributed by atoms with van der Waals surface area (Å²) in [6.07, 6.45) is 1.85. The molecular formula is C21H28O2Si2. The smallest absolute Gasteiger partial charge is 0.193 e. The maximum Gasteiger partial charge on any atom is 0.193 e. The first-order chi connectivity index (χ1) is 11.8. The highest BCUT2D eigenvalue weighted by molar-refractivity contribution is 6.84. The number of rotatable bonds is 0. The Labute approximate surface area is 153 Å². The number of carbonyl (C=O) groups excluding carboxylic acids is 1. The van der Waals surface area contributed by atoms with Gasteiger partial charge in [0.15, 0.2) is 22.4 Å². The Kier molecular flexibility index (Phi) is 5.14. The quantitative estimate of drug-likeness (QED) is 0.579. The largest absolute Gasteiger partial charge is 0.455 e. The molecule has 2 aromatic carbocycles. The summed E-state index contributed by atoms with van der Waals surface area (Å²) in [5.74, 6) is 0.173. The number of carbonyl (C=O) groups is 1. The van der Waals surface area contributed by atoms with E-state index in [9.17, 15) is 4.79 Å². The van der Waals surface area contributed by atoms with E-state index < -0.39 is 16.6 Å². The van der Waals surface area contributed by atoms with Crippen molar-refractivity contribution in [3.8, 4) is 0 Å². The molecule has 4 heteroatoms. The average molecular weight is 369 g/mol. The number of hydrogen-bond acceptors (Lipinski definition) is 2. The molecule has 0 saturated heterocycles. The fraction of sp³-hybridized carbons (Fsp3) is 0.381. The van der Waals surface area contributed by atoms with Crippen LogP contribution in [0.2, 0.25) is 38.3 Å². The van der Waals surface area contributed by atoms with Gasteiger partial charge in [-0.2, -0.15) is 0 Å². The fourth-order valence-corrected chi connectivity index (χ4v) is 12.3. The zero-order valence-corrected chi connectivity index (χ0v) is 17.8. The average Bonchev–Trinajstić information content (AvgIpc) is 2.57. The molecule has 0 aromatic heterocycles. The maximum absolute atomic E-state index is 13.3. The zero-order valence-electron chi connectivity index (χ0n) is 15.8. The van der Waals surface area contributed by atoms with Gasteiger partial charge in [0.2, 0.25) is 0 Å². The molecule has 1 heterocycles. The monoisotopic (exact) mass is 368 g/mol. The first-order valence-electron chi connectivity index (χ1n) is 9.18. The Morgan fingerprint density at radius 2 is 1.12 bits per heavy atom. The van der Waals surface area contributed by atoms with Gasteiger partial charge in [0, 0.05) is 11.1 Å². The molecule has 0 unspecified atom stereocenters. The van der Waals surface area contributed by atoms with Gasteiger partial charge < -0.3 is 4.12 Å². The molecule has 2 aromatic rings. The summed E-state index contributed by atoms with van der Waals surface area (Å²) < 4.78 is 6.75. The first kappa shape index (κ1) is 18.3. The van der Waals surface area contributed by atoms with E-state index in [0.717, 1.165) is 47.2 Å². The lowest BCUT2D eigenvalue weighted by Crippen LogP contribution is -2.44. The molecule has 1 aliphatic rings. The van der Waals surface area contributed by atoms with Gasteiger partial charge in [-0.25, -0.2) is 0 Å². The van der Waals surface area contributed by atoms with Gasteiger partial charge >= 0.3 is 0 Å². The van der Waals surface area contributed by atoms with Crippen LogP contribution in [0.4, 0.5) is 0 Å². The molecular weight excluding hydrogens is 340 g/mol. The molecule has 0 spiro atoms. The predicted molar refractivity (Wildman–Crippen MR) is 109 cm³/mol. The molecule has 0 atom stereocenters. The van der Waals surface area contributed by atoms with E-state index in [1.165, 1.54) is 0 Å². The van der Waals surface area contributed by atoms with Gasteiger partial charge in [0.05, 0.1) is 0 Å². The Balaban J connectivity index is 2.08. The lowest BCUT2D eigenvalue weighted by molar-refractivity contribution is 0.103. The van der Waals surface area contributed by atoms with Crippen molar-refractivity contribution in [1.82, 2.24) is 0 Å². The Morgan fingerprint density at radius 1 is 0.720 bits per heavy atom. The summed E-state index contributed by atoms with van der Waals surface area (Å²) in [6, 6.07) is 18.3. The second-order valence-electron chi connectivity index (χ2n) is 8.26. The molecule has 25 heavy (non-hydrogen) atoms. The third-order valence-corrected chi connectivity index (χ3v) is 12.4. The normalized spacial score (nSPS) is 19.9. The van der Waals surface area contributed by atoms with Crippen LogP contribution in [0.25, 0.3) is 0 Å². The molecule has 0 amide bonds. The van der Waals surface area contributed by atoms with E-state index in [1.54, 1.807) is 0 Å².